The Bertz CT molecular complexity index is 570. The molecule has 19 heavy (non-hydrogen) atoms. The van der Waals surface area contributed by atoms with Crippen LogP contribution in [0.3, 0.4) is 0 Å². The molecular weight excluding hydrogens is 234 g/mol. The van der Waals surface area contributed by atoms with Gasteiger partial charge in [0, 0.05) is 11.3 Å². The number of benzene rings is 2. The first-order valence-corrected chi connectivity index (χ1v) is 6.54. The topological polar surface area (TPSA) is 29.1 Å². The molecule has 2 heteroatoms. The van der Waals surface area contributed by atoms with E-state index in [9.17, 15) is 4.79 Å². The summed E-state index contributed by atoms with van der Waals surface area (Å²) in [6, 6.07) is 15.6. The van der Waals surface area contributed by atoms with Crippen molar-refractivity contribution in [3.63, 3.8) is 0 Å². The van der Waals surface area contributed by atoms with Gasteiger partial charge in [0.25, 0.3) is 5.91 Å². The van der Waals surface area contributed by atoms with Crippen LogP contribution in [0.15, 0.2) is 48.5 Å². The normalized spacial score (nSPS) is 10.5. The van der Waals surface area contributed by atoms with Crippen LogP contribution >= 0.6 is 0 Å². The zero-order chi connectivity index (χ0) is 13.8. The number of hydrogen-bond acceptors (Lipinski definition) is 1. The van der Waals surface area contributed by atoms with Gasteiger partial charge in [-0.05, 0) is 42.7 Å². The van der Waals surface area contributed by atoms with Gasteiger partial charge in [-0.25, -0.2) is 0 Å². The van der Waals surface area contributed by atoms with E-state index in [1.165, 1.54) is 5.56 Å². The number of rotatable bonds is 3. The average molecular weight is 253 g/mol. The van der Waals surface area contributed by atoms with E-state index in [2.05, 4.69) is 31.3 Å². The van der Waals surface area contributed by atoms with Crippen molar-refractivity contribution in [1.82, 2.24) is 0 Å². The summed E-state index contributed by atoms with van der Waals surface area (Å²) in [6.45, 7) is 6.29. The molecule has 0 spiro atoms. The molecule has 98 valence electrons. The SMILES string of the molecule is Cc1cccc(C(=O)Nc2ccc(C(C)C)cc2)c1. The second kappa shape index (κ2) is 5.70. The zero-order valence-corrected chi connectivity index (χ0v) is 11.6. The number of aryl methyl sites for hydroxylation is 1. The van der Waals surface area contributed by atoms with E-state index >= 15 is 0 Å². The molecule has 2 rings (SSSR count). The zero-order valence-electron chi connectivity index (χ0n) is 11.6. The van der Waals surface area contributed by atoms with E-state index in [0.29, 0.717) is 11.5 Å². The maximum Gasteiger partial charge on any atom is 0.255 e. The van der Waals surface area contributed by atoms with Crippen LogP contribution in [0.5, 0.6) is 0 Å². The molecule has 2 nitrogen and oxygen atoms in total. The van der Waals surface area contributed by atoms with Crippen LogP contribution < -0.4 is 5.32 Å². The van der Waals surface area contributed by atoms with Gasteiger partial charge in [0.15, 0.2) is 0 Å². The van der Waals surface area contributed by atoms with Crippen molar-refractivity contribution in [2.75, 3.05) is 5.32 Å². The van der Waals surface area contributed by atoms with Crippen molar-refractivity contribution in [1.29, 1.82) is 0 Å². The summed E-state index contributed by atoms with van der Waals surface area (Å²) in [5.41, 5.74) is 3.88. The maximum absolute atomic E-state index is 12.1. The van der Waals surface area contributed by atoms with Crippen LogP contribution in [0.25, 0.3) is 0 Å². The highest BCUT2D eigenvalue weighted by Gasteiger charge is 2.06. The molecule has 0 atom stereocenters. The predicted molar refractivity (Wildman–Crippen MR) is 79.7 cm³/mol. The second-order valence-electron chi connectivity index (χ2n) is 5.10. The van der Waals surface area contributed by atoms with Gasteiger partial charge in [0.1, 0.15) is 0 Å². The Labute approximate surface area is 114 Å². The minimum Gasteiger partial charge on any atom is -0.322 e. The third kappa shape index (κ3) is 3.44. The van der Waals surface area contributed by atoms with Crippen molar-refractivity contribution in [2.45, 2.75) is 26.7 Å². The van der Waals surface area contributed by atoms with Gasteiger partial charge in [-0.3, -0.25) is 4.79 Å². The summed E-state index contributed by atoms with van der Waals surface area (Å²) in [5.74, 6) is 0.433. The van der Waals surface area contributed by atoms with Gasteiger partial charge in [-0.1, -0.05) is 43.7 Å². The lowest BCUT2D eigenvalue weighted by Gasteiger charge is -2.08. The molecule has 0 saturated heterocycles. The summed E-state index contributed by atoms with van der Waals surface area (Å²) < 4.78 is 0. The molecule has 0 heterocycles. The van der Waals surface area contributed by atoms with Gasteiger partial charge in [-0.2, -0.15) is 0 Å². The molecule has 0 saturated carbocycles. The first-order valence-electron chi connectivity index (χ1n) is 6.54. The first-order chi connectivity index (χ1) is 9.06. The third-order valence-corrected chi connectivity index (χ3v) is 3.12. The summed E-state index contributed by atoms with van der Waals surface area (Å²) in [5, 5.41) is 2.91. The van der Waals surface area contributed by atoms with Crippen LogP contribution in [0.2, 0.25) is 0 Å². The summed E-state index contributed by atoms with van der Waals surface area (Å²) in [6.07, 6.45) is 0. The van der Waals surface area contributed by atoms with Crippen molar-refractivity contribution in [2.24, 2.45) is 0 Å². The Balaban J connectivity index is 2.10. The van der Waals surface area contributed by atoms with Crippen molar-refractivity contribution >= 4 is 11.6 Å². The van der Waals surface area contributed by atoms with Gasteiger partial charge >= 0.3 is 0 Å². The summed E-state index contributed by atoms with van der Waals surface area (Å²) >= 11 is 0. The molecule has 0 aromatic heterocycles. The van der Waals surface area contributed by atoms with Crippen LogP contribution in [0.1, 0.15) is 41.3 Å². The molecule has 0 aliphatic rings. The van der Waals surface area contributed by atoms with E-state index in [-0.39, 0.29) is 5.91 Å². The van der Waals surface area contributed by atoms with Gasteiger partial charge in [-0.15, -0.1) is 0 Å². The minimum absolute atomic E-state index is 0.0685. The highest BCUT2D eigenvalue weighted by atomic mass is 16.1. The standard InChI is InChI=1S/C17H19NO/c1-12(2)14-7-9-16(10-8-14)18-17(19)15-6-4-5-13(3)11-15/h4-12H,1-3H3,(H,18,19). The van der Waals surface area contributed by atoms with E-state index < -0.39 is 0 Å². The Morgan fingerprint density at radius 1 is 1.05 bits per heavy atom. The number of amides is 1. The van der Waals surface area contributed by atoms with E-state index in [0.717, 1.165) is 11.3 Å². The smallest absolute Gasteiger partial charge is 0.255 e. The molecule has 1 N–H and O–H groups in total. The molecular formula is C17H19NO. The molecule has 0 aliphatic heterocycles. The highest BCUT2D eigenvalue weighted by Crippen LogP contribution is 2.17. The fourth-order valence-electron chi connectivity index (χ4n) is 1.94. The Morgan fingerprint density at radius 3 is 2.32 bits per heavy atom. The van der Waals surface area contributed by atoms with E-state index in [1.54, 1.807) is 0 Å². The van der Waals surface area contributed by atoms with Crippen molar-refractivity contribution in [3.8, 4) is 0 Å². The fourth-order valence-corrected chi connectivity index (χ4v) is 1.94. The van der Waals surface area contributed by atoms with Crippen LogP contribution in [0, 0.1) is 6.92 Å². The molecule has 0 unspecified atom stereocenters. The number of hydrogen-bond donors (Lipinski definition) is 1. The highest BCUT2D eigenvalue weighted by molar-refractivity contribution is 6.04. The van der Waals surface area contributed by atoms with Gasteiger partial charge in [0.05, 0.1) is 0 Å². The second-order valence-corrected chi connectivity index (χ2v) is 5.10. The van der Waals surface area contributed by atoms with Crippen LogP contribution in [-0.4, -0.2) is 5.91 Å². The van der Waals surface area contributed by atoms with Crippen LogP contribution in [-0.2, 0) is 0 Å². The molecule has 0 fully saturated rings. The van der Waals surface area contributed by atoms with Crippen LogP contribution in [0.4, 0.5) is 5.69 Å². The van der Waals surface area contributed by atoms with Gasteiger partial charge < -0.3 is 5.32 Å². The number of nitrogens with one attached hydrogen (secondary N) is 1. The monoisotopic (exact) mass is 253 g/mol. The van der Waals surface area contributed by atoms with Gasteiger partial charge in [0.2, 0.25) is 0 Å². The molecule has 2 aromatic rings. The minimum atomic E-state index is -0.0685. The number of anilines is 1. The Kier molecular flexibility index (Phi) is 4.00. The number of carbonyl (C=O) groups is 1. The quantitative estimate of drug-likeness (QED) is 0.864. The third-order valence-electron chi connectivity index (χ3n) is 3.12. The molecule has 2 aromatic carbocycles. The Hall–Kier alpha value is -2.09. The molecule has 0 radical (unpaired) electrons. The molecule has 0 aliphatic carbocycles. The lowest BCUT2D eigenvalue weighted by Crippen LogP contribution is -2.11. The molecule has 1 amide bonds. The summed E-state index contributed by atoms with van der Waals surface area (Å²) in [4.78, 5) is 12.1. The van der Waals surface area contributed by atoms with Crippen molar-refractivity contribution < 1.29 is 4.79 Å². The van der Waals surface area contributed by atoms with E-state index in [1.807, 2.05) is 43.3 Å². The fraction of sp³-hybridized carbons (Fsp3) is 0.235. The summed E-state index contributed by atoms with van der Waals surface area (Å²) in [7, 11) is 0. The number of carbonyl (C=O) groups excluding carboxylic acids is 1. The lowest BCUT2D eigenvalue weighted by atomic mass is 10.0. The van der Waals surface area contributed by atoms with E-state index in [4.69, 9.17) is 0 Å². The molecule has 0 bridgehead atoms. The van der Waals surface area contributed by atoms with Crippen molar-refractivity contribution in [3.05, 3.63) is 65.2 Å². The Morgan fingerprint density at radius 2 is 1.74 bits per heavy atom. The maximum atomic E-state index is 12.1. The lowest BCUT2D eigenvalue weighted by molar-refractivity contribution is 0.102. The average Bonchev–Trinajstić information content (AvgIpc) is 2.39. The first kappa shape index (κ1) is 13.3. The largest absolute Gasteiger partial charge is 0.322 e. The predicted octanol–water partition coefficient (Wildman–Crippen LogP) is 4.37.